The third-order valence-electron chi connectivity index (χ3n) is 5.08. The molecule has 0 fully saturated rings. The monoisotopic (exact) mass is 547 g/mol. The smallest absolute Gasteiger partial charge is 0.319 e. The summed E-state index contributed by atoms with van der Waals surface area (Å²) in [5.74, 6) is -3.83. The summed E-state index contributed by atoms with van der Waals surface area (Å²) in [7, 11) is 1.19. The average molecular weight is 549 g/mol. The number of benzene rings is 2. The Kier molecular flexibility index (Phi) is 8.19. The highest BCUT2D eigenvalue weighted by atomic mass is 79.9. The van der Waals surface area contributed by atoms with Gasteiger partial charge in [-0.2, -0.15) is 5.26 Å². The number of ether oxygens (including phenoxy) is 1. The zero-order valence-electron chi connectivity index (χ0n) is 17.6. The van der Waals surface area contributed by atoms with Crippen molar-refractivity contribution in [3.8, 4) is 6.07 Å². The van der Waals surface area contributed by atoms with E-state index in [1.165, 1.54) is 7.11 Å². The SMILES string of the molecule is COC(=O)[C@@H]1C(=O)NC(SCC(=O)Nc2cccc(Cl)c2C)=C(C#N)[C@@H]1c1cccc(Br)c1. The second-order valence-corrected chi connectivity index (χ2v) is 9.44. The summed E-state index contributed by atoms with van der Waals surface area (Å²) in [5, 5.41) is 16.1. The molecule has 0 aromatic heterocycles. The molecule has 170 valence electrons. The first-order chi connectivity index (χ1) is 15.8. The number of anilines is 1. The number of halogens is 2. The van der Waals surface area contributed by atoms with Crippen LogP contribution in [-0.4, -0.2) is 30.6 Å². The maximum atomic E-state index is 12.9. The van der Waals surface area contributed by atoms with Gasteiger partial charge in [0, 0.05) is 21.1 Å². The van der Waals surface area contributed by atoms with E-state index in [9.17, 15) is 19.6 Å². The number of rotatable bonds is 6. The molecule has 2 atom stereocenters. The summed E-state index contributed by atoms with van der Waals surface area (Å²) < 4.78 is 5.56. The van der Waals surface area contributed by atoms with Gasteiger partial charge in [0.25, 0.3) is 0 Å². The molecular formula is C23H19BrClN3O4S. The van der Waals surface area contributed by atoms with Gasteiger partial charge in [0.2, 0.25) is 11.8 Å². The topological polar surface area (TPSA) is 108 Å². The number of thioether (sulfide) groups is 1. The molecule has 10 heteroatoms. The van der Waals surface area contributed by atoms with Gasteiger partial charge in [0.1, 0.15) is 5.92 Å². The molecule has 0 radical (unpaired) electrons. The zero-order valence-corrected chi connectivity index (χ0v) is 20.8. The Labute approximate surface area is 208 Å². The molecule has 7 nitrogen and oxygen atoms in total. The summed E-state index contributed by atoms with van der Waals surface area (Å²) >= 11 is 10.5. The number of hydrogen-bond acceptors (Lipinski definition) is 6. The van der Waals surface area contributed by atoms with Crippen molar-refractivity contribution in [2.75, 3.05) is 18.2 Å². The molecular weight excluding hydrogens is 530 g/mol. The number of carbonyl (C=O) groups is 3. The molecule has 1 aliphatic heterocycles. The molecule has 2 aromatic carbocycles. The molecule has 0 bridgehead atoms. The van der Waals surface area contributed by atoms with E-state index in [2.05, 4.69) is 32.6 Å². The van der Waals surface area contributed by atoms with Crippen molar-refractivity contribution in [1.29, 1.82) is 5.26 Å². The Morgan fingerprint density at radius 3 is 2.70 bits per heavy atom. The Hall–Kier alpha value is -2.80. The van der Waals surface area contributed by atoms with Gasteiger partial charge in [-0.05, 0) is 42.3 Å². The van der Waals surface area contributed by atoms with Gasteiger partial charge in [-0.1, -0.05) is 57.5 Å². The number of nitriles is 1. The Morgan fingerprint density at radius 1 is 1.30 bits per heavy atom. The molecule has 2 N–H and O–H groups in total. The van der Waals surface area contributed by atoms with Crippen molar-refractivity contribution >= 4 is 62.8 Å². The van der Waals surface area contributed by atoms with Crippen LogP contribution in [0.3, 0.4) is 0 Å². The first-order valence-corrected chi connectivity index (χ1v) is 11.9. The maximum Gasteiger partial charge on any atom is 0.319 e. The number of methoxy groups -OCH3 is 1. The molecule has 0 unspecified atom stereocenters. The van der Waals surface area contributed by atoms with E-state index in [4.69, 9.17) is 16.3 Å². The van der Waals surface area contributed by atoms with Crippen molar-refractivity contribution in [3.05, 3.63) is 73.7 Å². The third-order valence-corrected chi connectivity index (χ3v) is 7.00. The number of esters is 1. The van der Waals surface area contributed by atoms with Crippen molar-refractivity contribution in [2.45, 2.75) is 12.8 Å². The summed E-state index contributed by atoms with van der Waals surface area (Å²) in [6, 6.07) is 14.3. The molecule has 0 saturated carbocycles. The fraction of sp³-hybridized carbons (Fsp3) is 0.217. The molecule has 1 aliphatic rings. The van der Waals surface area contributed by atoms with Crippen LogP contribution in [0.1, 0.15) is 17.0 Å². The fourth-order valence-electron chi connectivity index (χ4n) is 3.45. The highest BCUT2D eigenvalue weighted by Crippen LogP contribution is 2.40. The number of hydrogen-bond donors (Lipinski definition) is 2. The van der Waals surface area contributed by atoms with Crippen molar-refractivity contribution in [3.63, 3.8) is 0 Å². The minimum Gasteiger partial charge on any atom is -0.468 e. The predicted molar refractivity (Wildman–Crippen MR) is 130 cm³/mol. The Morgan fingerprint density at radius 2 is 2.03 bits per heavy atom. The Bertz CT molecular complexity index is 1190. The van der Waals surface area contributed by atoms with Crippen LogP contribution >= 0.6 is 39.3 Å². The standard InChI is InChI=1S/C23H19BrClN3O4S/c1-12-16(25)7-4-8-17(12)27-18(29)11-33-22-15(10-26)19(13-5-3-6-14(24)9-13)20(21(30)28-22)23(31)32-2/h3-9,19-20H,11H2,1-2H3,(H,27,29)(H,28,30)/t19-,20-/m0/s1. The van der Waals surface area contributed by atoms with Crippen molar-refractivity contribution in [2.24, 2.45) is 5.92 Å². The van der Waals surface area contributed by atoms with Crippen LogP contribution in [0.5, 0.6) is 0 Å². The lowest BCUT2D eigenvalue weighted by molar-refractivity contribution is -0.150. The maximum absolute atomic E-state index is 12.9. The van der Waals surface area contributed by atoms with Gasteiger partial charge in [-0.3, -0.25) is 14.4 Å². The fourth-order valence-corrected chi connectivity index (χ4v) is 4.89. The molecule has 0 spiro atoms. The largest absolute Gasteiger partial charge is 0.468 e. The third kappa shape index (κ3) is 5.58. The molecule has 33 heavy (non-hydrogen) atoms. The van der Waals surface area contributed by atoms with E-state index in [-0.39, 0.29) is 22.3 Å². The van der Waals surface area contributed by atoms with Crippen LogP contribution < -0.4 is 10.6 Å². The zero-order chi connectivity index (χ0) is 24.1. The van der Waals surface area contributed by atoms with E-state index >= 15 is 0 Å². The van der Waals surface area contributed by atoms with Crippen LogP contribution in [0, 0.1) is 24.2 Å². The number of allylic oxidation sites excluding steroid dienone is 1. The minimum absolute atomic E-state index is 0.0686. The normalized spacial score (nSPS) is 17.7. The van der Waals surface area contributed by atoms with Crippen LogP contribution in [-0.2, 0) is 19.1 Å². The molecule has 2 aromatic rings. The second kappa shape index (κ2) is 10.9. The number of nitrogens with one attached hydrogen (secondary N) is 2. The van der Waals surface area contributed by atoms with Crippen LogP contribution in [0.25, 0.3) is 0 Å². The highest BCUT2D eigenvalue weighted by Gasteiger charge is 2.44. The summed E-state index contributed by atoms with van der Waals surface area (Å²) in [6.45, 7) is 1.79. The van der Waals surface area contributed by atoms with Crippen LogP contribution in [0.2, 0.25) is 5.02 Å². The quantitative estimate of drug-likeness (QED) is 0.406. The number of amides is 2. The highest BCUT2D eigenvalue weighted by molar-refractivity contribution is 9.10. The van der Waals surface area contributed by atoms with E-state index in [0.717, 1.165) is 21.8 Å². The first kappa shape index (κ1) is 24.8. The van der Waals surface area contributed by atoms with Gasteiger partial charge in [0.15, 0.2) is 0 Å². The van der Waals surface area contributed by atoms with Gasteiger partial charge in [-0.15, -0.1) is 0 Å². The lowest BCUT2D eigenvalue weighted by atomic mass is 9.78. The summed E-state index contributed by atoms with van der Waals surface area (Å²) in [5.41, 5.74) is 2.09. The van der Waals surface area contributed by atoms with Gasteiger partial charge in [-0.25, -0.2) is 0 Å². The minimum atomic E-state index is -1.23. The van der Waals surface area contributed by atoms with Crippen LogP contribution in [0.15, 0.2) is 57.5 Å². The molecule has 0 saturated heterocycles. The second-order valence-electron chi connectivity index (χ2n) is 7.13. The van der Waals surface area contributed by atoms with Crippen molar-refractivity contribution < 1.29 is 19.1 Å². The first-order valence-electron chi connectivity index (χ1n) is 9.73. The lowest BCUT2D eigenvalue weighted by Gasteiger charge is -2.31. The molecule has 3 rings (SSSR count). The van der Waals surface area contributed by atoms with E-state index in [1.54, 1.807) is 49.4 Å². The average Bonchev–Trinajstić information content (AvgIpc) is 2.79. The van der Waals surface area contributed by atoms with E-state index in [1.807, 2.05) is 0 Å². The number of nitrogens with zero attached hydrogens (tertiary/aromatic N) is 1. The molecule has 1 heterocycles. The van der Waals surface area contributed by atoms with Crippen LogP contribution in [0.4, 0.5) is 5.69 Å². The lowest BCUT2D eigenvalue weighted by Crippen LogP contribution is -2.44. The summed E-state index contributed by atoms with van der Waals surface area (Å²) in [6.07, 6.45) is 0. The van der Waals surface area contributed by atoms with Crippen molar-refractivity contribution in [1.82, 2.24) is 5.32 Å². The Balaban J connectivity index is 1.90. The van der Waals surface area contributed by atoms with Gasteiger partial charge in [0.05, 0.1) is 29.5 Å². The van der Waals surface area contributed by atoms with E-state index < -0.39 is 23.7 Å². The predicted octanol–water partition coefficient (Wildman–Crippen LogP) is 4.52. The van der Waals surface area contributed by atoms with Gasteiger partial charge < -0.3 is 15.4 Å². The molecule has 2 amide bonds. The molecule has 0 aliphatic carbocycles. The van der Waals surface area contributed by atoms with E-state index in [0.29, 0.717) is 16.3 Å². The number of carbonyl (C=O) groups excluding carboxylic acids is 3. The summed E-state index contributed by atoms with van der Waals surface area (Å²) in [4.78, 5) is 37.8. The van der Waals surface area contributed by atoms with Gasteiger partial charge >= 0.3 is 5.97 Å².